The molecule has 2 unspecified atom stereocenters. The molecule has 1 aliphatic heterocycles. The second kappa shape index (κ2) is 9.23. The van der Waals surface area contributed by atoms with Gasteiger partial charge in [0.1, 0.15) is 0 Å². The van der Waals surface area contributed by atoms with Crippen molar-refractivity contribution in [2.75, 3.05) is 26.2 Å². The lowest BCUT2D eigenvalue weighted by Gasteiger charge is -2.20. The van der Waals surface area contributed by atoms with Crippen LogP contribution in [0.15, 0.2) is 0 Å². The maximum Gasteiger partial charge on any atom is 0.239 e. The molecule has 2 amide bonds. The average molecular weight is 320 g/mol. The molecule has 2 atom stereocenters. The Hall–Kier alpha value is -0.850. The third-order valence-electron chi connectivity index (χ3n) is 4.26. The predicted molar refractivity (Wildman–Crippen MR) is 82.2 cm³/mol. The highest BCUT2D eigenvalue weighted by atomic mass is 35.5. The highest BCUT2D eigenvalue weighted by Gasteiger charge is 2.25. The third kappa shape index (κ3) is 5.80. The zero-order chi connectivity index (χ0) is 14.4. The highest BCUT2D eigenvalue weighted by Crippen LogP contribution is 2.23. The van der Waals surface area contributed by atoms with Crippen LogP contribution in [0.1, 0.15) is 32.1 Å². The fourth-order valence-electron chi connectivity index (χ4n) is 2.91. The first-order valence-corrected chi connectivity index (χ1v) is 7.60. The van der Waals surface area contributed by atoms with Crippen molar-refractivity contribution in [1.29, 1.82) is 0 Å². The van der Waals surface area contributed by atoms with E-state index in [4.69, 9.17) is 0 Å². The largest absolute Gasteiger partial charge is 0.391 e. The molecule has 2 fully saturated rings. The van der Waals surface area contributed by atoms with E-state index in [1.54, 1.807) is 0 Å². The zero-order valence-electron chi connectivity index (χ0n) is 12.3. The first kappa shape index (κ1) is 18.2. The van der Waals surface area contributed by atoms with Gasteiger partial charge in [0.25, 0.3) is 0 Å². The summed E-state index contributed by atoms with van der Waals surface area (Å²) < 4.78 is 0. The summed E-state index contributed by atoms with van der Waals surface area (Å²) >= 11 is 0. The van der Waals surface area contributed by atoms with Crippen LogP contribution in [0.5, 0.6) is 0 Å². The van der Waals surface area contributed by atoms with Gasteiger partial charge < -0.3 is 21.1 Å². The molecular formula is C14H26ClN3O3. The smallest absolute Gasteiger partial charge is 0.239 e. The molecule has 6 nitrogen and oxygen atoms in total. The summed E-state index contributed by atoms with van der Waals surface area (Å²) in [5.41, 5.74) is 0. The standard InChI is InChI=1S/C14H25N3O3.ClH/c18-12-8-15-6-11(12)7-16-13(19)9-17-14(20)10-4-2-1-3-5-10;/h10-12,15,18H,1-9H2,(H,16,19)(H,17,20);1H. The van der Waals surface area contributed by atoms with Crippen molar-refractivity contribution in [3.63, 3.8) is 0 Å². The number of aliphatic hydroxyl groups excluding tert-OH is 1. The maximum atomic E-state index is 11.9. The molecule has 0 aromatic carbocycles. The van der Waals surface area contributed by atoms with E-state index in [9.17, 15) is 14.7 Å². The number of β-amino-alcohol motifs (C(OH)–C–C–N with tert-alkyl or cyclic N) is 1. The van der Waals surface area contributed by atoms with Crippen molar-refractivity contribution in [2.45, 2.75) is 38.2 Å². The summed E-state index contributed by atoms with van der Waals surface area (Å²) in [4.78, 5) is 23.5. The van der Waals surface area contributed by atoms with Gasteiger partial charge in [0.2, 0.25) is 11.8 Å². The molecule has 7 heteroatoms. The highest BCUT2D eigenvalue weighted by molar-refractivity contribution is 5.86. The van der Waals surface area contributed by atoms with Crippen molar-refractivity contribution >= 4 is 24.2 Å². The van der Waals surface area contributed by atoms with Crippen molar-refractivity contribution in [1.82, 2.24) is 16.0 Å². The molecule has 1 aliphatic carbocycles. The maximum absolute atomic E-state index is 11.9. The summed E-state index contributed by atoms with van der Waals surface area (Å²) in [5.74, 6) is -0.0407. The Morgan fingerprint density at radius 3 is 2.43 bits per heavy atom. The molecule has 0 spiro atoms. The van der Waals surface area contributed by atoms with Gasteiger partial charge in [-0.3, -0.25) is 9.59 Å². The number of carbonyl (C=O) groups is 2. The van der Waals surface area contributed by atoms with E-state index in [1.165, 1.54) is 6.42 Å². The first-order chi connectivity index (χ1) is 9.66. The fraction of sp³-hybridized carbons (Fsp3) is 0.857. The van der Waals surface area contributed by atoms with Crippen LogP contribution in [0.4, 0.5) is 0 Å². The van der Waals surface area contributed by atoms with Crippen molar-refractivity contribution in [3.05, 3.63) is 0 Å². The van der Waals surface area contributed by atoms with Crippen LogP contribution < -0.4 is 16.0 Å². The van der Waals surface area contributed by atoms with Crippen molar-refractivity contribution in [2.24, 2.45) is 11.8 Å². The number of amides is 2. The van der Waals surface area contributed by atoms with Crippen LogP contribution in [-0.4, -0.2) is 49.2 Å². The molecule has 0 bridgehead atoms. The number of hydrogen-bond donors (Lipinski definition) is 4. The minimum atomic E-state index is -0.396. The van der Waals surface area contributed by atoms with E-state index in [0.717, 1.165) is 32.2 Å². The number of carbonyl (C=O) groups excluding carboxylic acids is 2. The van der Waals surface area contributed by atoms with E-state index in [-0.39, 0.29) is 42.6 Å². The molecule has 2 aliphatic rings. The van der Waals surface area contributed by atoms with Crippen LogP contribution in [-0.2, 0) is 9.59 Å². The van der Waals surface area contributed by atoms with E-state index < -0.39 is 6.10 Å². The van der Waals surface area contributed by atoms with E-state index >= 15 is 0 Å². The first-order valence-electron chi connectivity index (χ1n) is 7.60. The van der Waals surface area contributed by atoms with Gasteiger partial charge in [-0.1, -0.05) is 19.3 Å². The molecule has 0 aromatic rings. The minimum absolute atomic E-state index is 0. The lowest BCUT2D eigenvalue weighted by atomic mass is 9.89. The molecule has 1 heterocycles. The van der Waals surface area contributed by atoms with Crippen LogP contribution in [0.2, 0.25) is 0 Å². The van der Waals surface area contributed by atoms with Gasteiger partial charge in [0.15, 0.2) is 0 Å². The zero-order valence-corrected chi connectivity index (χ0v) is 13.1. The second-order valence-corrected chi connectivity index (χ2v) is 5.84. The summed E-state index contributed by atoms with van der Waals surface area (Å²) in [6.07, 6.45) is 4.91. The number of aliphatic hydroxyl groups is 1. The van der Waals surface area contributed by atoms with Gasteiger partial charge in [-0.05, 0) is 12.8 Å². The van der Waals surface area contributed by atoms with Crippen LogP contribution in [0.25, 0.3) is 0 Å². The van der Waals surface area contributed by atoms with Gasteiger partial charge in [-0.15, -0.1) is 12.4 Å². The lowest BCUT2D eigenvalue weighted by molar-refractivity contribution is -0.129. The Balaban J connectivity index is 0.00000220. The normalized spacial score (nSPS) is 26.0. The van der Waals surface area contributed by atoms with Crippen molar-refractivity contribution < 1.29 is 14.7 Å². The summed E-state index contributed by atoms with van der Waals surface area (Å²) in [6, 6.07) is 0. The number of nitrogens with one attached hydrogen (secondary N) is 3. The number of rotatable bonds is 5. The van der Waals surface area contributed by atoms with Gasteiger partial charge in [0, 0.05) is 31.5 Å². The lowest BCUT2D eigenvalue weighted by Crippen LogP contribution is -2.42. The quantitative estimate of drug-likeness (QED) is 0.565. The third-order valence-corrected chi connectivity index (χ3v) is 4.26. The average Bonchev–Trinajstić information content (AvgIpc) is 2.89. The molecule has 122 valence electrons. The Kier molecular flexibility index (Phi) is 8.00. The topological polar surface area (TPSA) is 90.5 Å². The summed E-state index contributed by atoms with van der Waals surface area (Å²) in [6.45, 7) is 1.78. The molecular weight excluding hydrogens is 294 g/mol. The van der Waals surface area contributed by atoms with Gasteiger partial charge in [0.05, 0.1) is 12.6 Å². The Morgan fingerprint density at radius 2 is 1.81 bits per heavy atom. The van der Waals surface area contributed by atoms with Gasteiger partial charge in [-0.2, -0.15) is 0 Å². The number of hydrogen-bond acceptors (Lipinski definition) is 4. The van der Waals surface area contributed by atoms with Gasteiger partial charge >= 0.3 is 0 Å². The van der Waals surface area contributed by atoms with E-state index in [1.807, 2.05) is 0 Å². The molecule has 0 aromatic heterocycles. The molecule has 1 saturated carbocycles. The molecule has 4 N–H and O–H groups in total. The van der Waals surface area contributed by atoms with Crippen LogP contribution in [0.3, 0.4) is 0 Å². The second-order valence-electron chi connectivity index (χ2n) is 5.84. The Labute approximate surface area is 131 Å². The molecule has 0 radical (unpaired) electrons. The molecule has 1 saturated heterocycles. The SMILES string of the molecule is Cl.O=C(CNC(=O)C1CCCCC1)NCC1CNCC1O. The Bertz CT molecular complexity index is 348. The monoisotopic (exact) mass is 319 g/mol. The predicted octanol–water partition coefficient (Wildman–Crippen LogP) is -0.199. The number of halogens is 1. The van der Waals surface area contributed by atoms with Gasteiger partial charge in [-0.25, -0.2) is 0 Å². The van der Waals surface area contributed by atoms with Crippen LogP contribution in [0, 0.1) is 11.8 Å². The van der Waals surface area contributed by atoms with E-state index in [0.29, 0.717) is 13.1 Å². The van der Waals surface area contributed by atoms with Crippen LogP contribution >= 0.6 is 12.4 Å². The van der Waals surface area contributed by atoms with Crippen molar-refractivity contribution in [3.8, 4) is 0 Å². The summed E-state index contributed by atoms with van der Waals surface area (Å²) in [5, 5.41) is 18.1. The summed E-state index contributed by atoms with van der Waals surface area (Å²) in [7, 11) is 0. The molecule has 21 heavy (non-hydrogen) atoms. The minimum Gasteiger partial charge on any atom is -0.391 e. The molecule has 2 rings (SSSR count). The Morgan fingerprint density at radius 1 is 1.10 bits per heavy atom. The fourth-order valence-corrected chi connectivity index (χ4v) is 2.91. The van der Waals surface area contributed by atoms with E-state index in [2.05, 4.69) is 16.0 Å².